The molecule has 0 radical (unpaired) electrons. The van der Waals surface area contributed by atoms with Gasteiger partial charge in [-0.3, -0.25) is 0 Å². The van der Waals surface area contributed by atoms with Crippen LogP contribution in [0, 0.1) is 15.3 Å². The Balaban J connectivity index is 1.72. The van der Waals surface area contributed by atoms with Gasteiger partial charge in [0.1, 0.15) is 11.4 Å². The highest BCUT2D eigenvalue weighted by atomic mass is 127. The molecule has 6 heteroatoms. The number of hydrogen-bond donors (Lipinski definition) is 2. The molecule has 2 N–H and O–H groups in total. The van der Waals surface area contributed by atoms with Crippen molar-refractivity contribution >= 4 is 34.4 Å². The van der Waals surface area contributed by atoms with Crippen LogP contribution >= 0.6 is 22.6 Å². The van der Waals surface area contributed by atoms with Crippen molar-refractivity contribution in [2.75, 3.05) is 11.9 Å². The molecule has 0 heterocycles. The van der Waals surface area contributed by atoms with E-state index in [0.29, 0.717) is 11.6 Å². The van der Waals surface area contributed by atoms with Gasteiger partial charge in [0.15, 0.2) is 0 Å². The van der Waals surface area contributed by atoms with E-state index in [1.807, 2.05) is 26.8 Å². The molecule has 0 aromatic heterocycles. The summed E-state index contributed by atoms with van der Waals surface area (Å²) in [5, 5.41) is 6.15. The lowest BCUT2D eigenvalue weighted by Gasteiger charge is -2.30. The first-order valence-electron chi connectivity index (χ1n) is 8.41. The molecule has 1 amide bonds. The molecule has 1 aliphatic rings. The number of carbonyl (C=O) groups excluding carboxylic acids is 1. The first-order chi connectivity index (χ1) is 11.2. The number of anilines is 1. The first kappa shape index (κ1) is 19.3. The van der Waals surface area contributed by atoms with Gasteiger partial charge in [0.05, 0.1) is 5.69 Å². The predicted molar refractivity (Wildman–Crippen MR) is 103 cm³/mol. The van der Waals surface area contributed by atoms with Gasteiger partial charge in [0.2, 0.25) is 0 Å². The van der Waals surface area contributed by atoms with E-state index in [4.69, 9.17) is 4.74 Å². The Bertz CT molecular complexity index is 567. The van der Waals surface area contributed by atoms with Crippen LogP contribution in [0.1, 0.15) is 46.5 Å². The minimum atomic E-state index is -0.469. The zero-order valence-corrected chi connectivity index (χ0v) is 16.7. The van der Waals surface area contributed by atoms with E-state index in [1.165, 1.54) is 6.07 Å². The van der Waals surface area contributed by atoms with Gasteiger partial charge in [-0.25, -0.2) is 9.18 Å². The summed E-state index contributed by atoms with van der Waals surface area (Å²) in [7, 11) is 0. The SMILES string of the molecule is CC(C)(C)OC(=O)NC1CCC(CNc2ccc(I)cc2F)CC1. The monoisotopic (exact) mass is 448 g/mol. The maximum Gasteiger partial charge on any atom is 0.407 e. The minimum Gasteiger partial charge on any atom is -0.444 e. The lowest BCUT2D eigenvalue weighted by Crippen LogP contribution is -2.41. The molecule has 0 unspecified atom stereocenters. The normalized spacial score (nSPS) is 21.2. The van der Waals surface area contributed by atoms with Crippen LogP contribution < -0.4 is 10.6 Å². The van der Waals surface area contributed by atoms with Crippen molar-refractivity contribution in [2.24, 2.45) is 5.92 Å². The molecule has 0 spiro atoms. The Morgan fingerprint density at radius 3 is 2.54 bits per heavy atom. The molecule has 24 heavy (non-hydrogen) atoms. The average Bonchev–Trinajstić information content (AvgIpc) is 2.46. The Hall–Kier alpha value is -1.05. The molecule has 134 valence electrons. The Kier molecular flexibility index (Phi) is 6.71. The summed E-state index contributed by atoms with van der Waals surface area (Å²) in [4.78, 5) is 11.8. The largest absolute Gasteiger partial charge is 0.444 e. The van der Waals surface area contributed by atoms with E-state index in [1.54, 1.807) is 6.07 Å². The summed E-state index contributed by atoms with van der Waals surface area (Å²) < 4.78 is 20.0. The molecule has 1 aliphatic carbocycles. The highest BCUT2D eigenvalue weighted by Gasteiger charge is 2.24. The topological polar surface area (TPSA) is 50.4 Å². The summed E-state index contributed by atoms with van der Waals surface area (Å²) in [5.74, 6) is 0.294. The molecule has 1 saturated carbocycles. The zero-order chi connectivity index (χ0) is 17.7. The number of ether oxygens (including phenoxy) is 1. The smallest absolute Gasteiger partial charge is 0.407 e. The predicted octanol–water partition coefficient (Wildman–Crippen LogP) is 4.93. The van der Waals surface area contributed by atoms with Gasteiger partial charge in [-0.15, -0.1) is 0 Å². The van der Waals surface area contributed by atoms with Crippen LogP contribution in [0.4, 0.5) is 14.9 Å². The molecule has 2 rings (SSSR count). The lowest BCUT2D eigenvalue weighted by molar-refractivity contribution is 0.0488. The Morgan fingerprint density at radius 2 is 1.96 bits per heavy atom. The van der Waals surface area contributed by atoms with Crippen LogP contribution in [0.15, 0.2) is 18.2 Å². The van der Waals surface area contributed by atoms with E-state index in [-0.39, 0.29) is 18.0 Å². The number of amides is 1. The van der Waals surface area contributed by atoms with Crippen molar-refractivity contribution in [1.82, 2.24) is 5.32 Å². The van der Waals surface area contributed by atoms with Gasteiger partial charge in [-0.1, -0.05) is 0 Å². The molecule has 0 atom stereocenters. The molecule has 1 fully saturated rings. The second-order valence-corrected chi connectivity index (χ2v) is 8.61. The number of nitrogens with one attached hydrogen (secondary N) is 2. The summed E-state index contributed by atoms with van der Waals surface area (Å²) in [6.45, 7) is 6.34. The third-order valence-corrected chi connectivity index (χ3v) is 4.75. The summed E-state index contributed by atoms with van der Waals surface area (Å²) >= 11 is 2.10. The van der Waals surface area contributed by atoms with Gasteiger partial charge in [0, 0.05) is 16.2 Å². The number of rotatable bonds is 4. The van der Waals surface area contributed by atoms with Gasteiger partial charge in [-0.2, -0.15) is 0 Å². The summed E-state index contributed by atoms with van der Waals surface area (Å²) in [5.41, 5.74) is 0.0902. The van der Waals surface area contributed by atoms with Crippen molar-refractivity contribution in [3.05, 3.63) is 27.6 Å². The lowest BCUT2D eigenvalue weighted by atomic mass is 9.86. The fourth-order valence-corrected chi connectivity index (χ4v) is 3.33. The average molecular weight is 448 g/mol. The fraction of sp³-hybridized carbons (Fsp3) is 0.611. The second-order valence-electron chi connectivity index (χ2n) is 7.37. The second kappa shape index (κ2) is 8.36. The number of hydrogen-bond acceptors (Lipinski definition) is 3. The maximum atomic E-state index is 13.8. The number of carbonyl (C=O) groups is 1. The van der Waals surface area contributed by atoms with Crippen LogP contribution in [-0.4, -0.2) is 24.3 Å². The van der Waals surface area contributed by atoms with E-state index in [2.05, 4.69) is 33.2 Å². The van der Waals surface area contributed by atoms with Gasteiger partial charge < -0.3 is 15.4 Å². The van der Waals surface area contributed by atoms with Crippen molar-refractivity contribution in [1.29, 1.82) is 0 Å². The Labute approximate surface area is 157 Å². The molecule has 1 aromatic rings. The van der Waals surface area contributed by atoms with Crippen molar-refractivity contribution in [2.45, 2.75) is 58.1 Å². The highest BCUT2D eigenvalue weighted by Crippen LogP contribution is 2.26. The Morgan fingerprint density at radius 1 is 1.29 bits per heavy atom. The van der Waals surface area contributed by atoms with Crippen LogP contribution in [0.25, 0.3) is 0 Å². The fourth-order valence-electron chi connectivity index (χ4n) is 2.87. The summed E-state index contributed by atoms with van der Waals surface area (Å²) in [6, 6.07) is 5.39. The standard InChI is InChI=1S/C18H26FIN2O2/c1-18(2,3)24-17(23)22-14-7-4-12(5-8-14)11-21-16-9-6-13(20)10-15(16)19/h6,9-10,12,14,21H,4-5,7-8,11H2,1-3H3,(H,22,23). The van der Waals surface area contributed by atoms with Crippen molar-refractivity contribution in [3.8, 4) is 0 Å². The highest BCUT2D eigenvalue weighted by molar-refractivity contribution is 14.1. The number of alkyl carbamates (subject to hydrolysis) is 1. The maximum absolute atomic E-state index is 13.8. The quantitative estimate of drug-likeness (QED) is 0.643. The van der Waals surface area contributed by atoms with E-state index in [9.17, 15) is 9.18 Å². The molecule has 0 aliphatic heterocycles. The number of benzene rings is 1. The molecule has 4 nitrogen and oxygen atoms in total. The molecule has 0 saturated heterocycles. The minimum absolute atomic E-state index is 0.172. The van der Waals surface area contributed by atoms with Crippen LogP contribution in [0.5, 0.6) is 0 Å². The molecular weight excluding hydrogens is 422 g/mol. The summed E-state index contributed by atoms with van der Waals surface area (Å²) in [6.07, 6.45) is 3.55. The molecule has 0 bridgehead atoms. The van der Waals surface area contributed by atoms with Crippen LogP contribution in [0.3, 0.4) is 0 Å². The molecular formula is C18H26FIN2O2. The third-order valence-electron chi connectivity index (χ3n) is 4.08. The molecule has 1 aromatic carbocycles. The van der Waals surface area contributed by atoms with E-state index < -0.39 is 5.60 Å². The zero-order valence-electron chi connectivity index (χ0n) is 14.5. The first-order valence-corrected chi connectivity index (χ1v) is 9.49. The van der Waals surface area contributed by atoms with Crippen LogP contribution in [0.2, 0.25) is 0 Å². The van der Waals surface area contributed by atoms with E-state index >= 15 is 0 Å². The van der Waals surface area contributed by atoms with E-state index in [0.717, 1.165) is 35.8 Å². The third kappa shape index (κ3) is 6.45. The van der Waals surface area contributed by atoms with Crippen molar-refractivity contribution in [3.63, 3.8) is 0 Å². The van der Waals surface area contributed by atoms with Gasteiger partial charge >= 0.3 is 6.09 Å². The van der Waals surface area contributed by atoms with Gasteiger partial charge in [-0.05, 0) is 93.2 Å². The number of halogens is 2. The van der Waals surface area contributed by atoms with Crippen molar-refractivity contribution < 1.29 is 13.9 Å². The van der Waals surface area contributed by atoms with Crippen LogP contribution in [-0.2, 0) is 4.74 Å². The van der Waals surface area contributed by atoms with Gasteiger partial charge in [0.25, 0.3) is 0 Å².